The summed E-state index contributed by atoms with van der Waals surface area (Å²) in [6, 6.07) is 0. The molecule has 0 spiro atoms. The Morgan fingerprint density at radius 2 is 1.07 bits per heavy atom. The van der Waals surface area contributed by atoms with Gasteiger partial charge in [-0.05, 0) is 31.9 Å². The number of hydrogen-bond acceptors (Lipinski definition) is 4. The molecule has 14 heavy (non-hydrogen) atoms. The summed E-state index contributed by atoms with van der Waals surface area (Å²) in [5, 5.41) is 0. The highest BCUT2D eigenvalue weighted by Crippen LogP contribution is 2.14. The molecule has 0 aliphatic rings. The van der Waals surface area contributed by atoms with Crippen LogP contribution in [-0.4, -0.2) is 19.9 Å². The Morgan fingerprint density at radius 3 is 1.36 bits per heavy atom. The summed E-state index contributed by atoms with van der Waals surface area (Å²) in [4.78, 5) is 16.4. The van der Waals surface area contributed by atoms with E-state index in [-0.39, 0.29) is 0 Å². The molecule has 0 amide bonds. The highest BCUT2D eigenvalue weighted by molar-refractivity contribution is 9.10. The minimum Gasteiger partial charge on any atom is -0.250 e. The Morgan fingerprint density at radius 1 is 0.643 bits per heavy atom. The lowest BCUT2D eigenvalue weighted by Gasteiger charge is -1.98. The first-order valence-electron chi connectivity index (χ1n) is 3.71. The first-order valence-corrected chi connectivity index (χ1v) is 5.30. The Bertz CT molecular complexity index is 383. The van der Waals surface area contributed by atoms with E-state index in [1.165, 1.54) is 0 Å². The topological polar surface area (TPSA) is 51.6 Å². The monoisotopic (exact) mass is 314 g/mol. The van der Waals surface area contributed by atoms with Crippen LogP contribution in [0.5, 0.6) is 0 Å². The van der Waals surface area contributed by atoms with Gasteiger partial charge < -0.3 is 0 Å². The van der Waals surface area contributed by atoms with Gasteiger partial charge in [0.05, 0.1) is 24.8 Å². The van der Waals surface area contributed by atoms with E-state index in [1.54, 1.807) is 24.8 Å². The molecular weight excluding hydrogens is 312 g/mol. The summed E-state index contributed by atoms with van der Waals surface area (Å²) >= 11 is 6.42. The van der Waals surface area contributed by atoms with Crippen molar-refractivity contribution in [3.63, 3.8) is 0 Å². The molecule has 2 aromatic heterocycles. The standard InChI is InChI=1S/C8H4Br2N4/c9-7-3-11-5(1-13-7)6-2-14-8(10)4-12-6/h1-4H. The molecule has 4 nitrogen and oxygen atoms in total. The number of rotatable bonds is 1. The highest BCUT2D eigenvalue weighted by atomic mass is 79.9. The van der Waals surface area contributed by atoms with Crippen LogP contribution in [0.4, 0.5) is 0 Å². The maximum absolute atomic E-state index is 4.15. The Hall–Kier alpha value is -0.880. The lowest BCUT2D eigenvalue weighted by molar-refractivity contribution is 1.11. The van der Waals surface area contributed by atoms with Gasteiger partial charge in [-0.15, -0.1) is 0 Å². The fourth-order valence-corrected chi connectivity index (χ4v) is 1.30. The minimum absolute atomic E-state index is 0.700. The third kappa shape index (κ3) is 2.13. The maximum Gasteiger partial charge on any atom is 0.124 e. The van der Waals surface area contributed by atoms with E-state index in [4.69, 9.17) is 0 Å². The molecule has 0 fully saturated rings. The van der Waals surface area contributed by atoms with Crippen LogP contribution in [0.25, 0.3) is 11.4 Å². The molecular formula is C8H4Br2N4. The zero-order valence-electron chi connectivity index (χ0n) is 6.85. The van der Waals surface area contributed by atoms with Crippen molar-refractivity contribution in [2.45, 2.75) is 0 Å². The Labute approximate surface area is 97.1 Å². The summed E-state index contributed by atoms with van der Waals surface area (Å²) in [6.07, 6.45) is 6.53. The van der Waals surface area contributed by atoms with E-state index in [9.17, 15) is 0 Å². The van der Waals surface area contributed by atoms with Gasteiger partial charge >= 0.3 is 0 Å². The molecule has 0 atom stereocenters. The second-order valence-corrected chi connectivity index (χ2v) is 4.07. The zero-order chi connectivity index (χ0) is 9.97. The van der Waals surface area contributed by atoms with Crippen LogP contribution >= 0.6 is 31.9 Å². The molecule has 0 aliphatic carbocycles. The van der Waals surface area contributed by atoms with Gasteiger partial charge in [0.1, 0.15) is 20.6 Å². The summed E-state index contributed by atoms with van der Waals surface area (Å²) in [7, 11) is 0. The fraction of sp³-hybridized carbons (Fsp3) is 0. The molecule has 2 rings (SSSR count). The third-order valence-electron chi connectivity index (χ3n) is 1.50. The van der Waals surface area contributed by atoms with Crippen molar-refractivity contribution in [2.24, 2.45) is 0 Å². The molecule has 70 valence electrons. The molecule has 0 radical (unpaired) electrons. The molecule has 0 unspecified atom stereocenters. The van der Waals surface area contributed by atoms with Crippen LogP contribution < -0.4 is 0 Å². The minimum atomic E-state index is 0.700. The molecule has 0 saturated heterocycles. The Kier molecular flexibility index (Phi) is 2.83. The average molecular weight is 316 g/mol. The van der Waals surface area contributed by atoms with Crippen LogP contribution in [-0.2, 0) is 0 Å². The maximum atomic E-state index is 4.15. The molecule has 0 N–H and O–H groups in total. The van der Waals surface area contributed by atoms with E-state index < -0.39 is 0 Å². The van der Waals surface area contributed by atoms with Gasteiger partial charge in [-0.3, -0.25) is 9.97 Å². The van der Waals surface area contributed by atoms with Gasteiger partial charge in [-0.25, -0.2) is 9.97 Å². The normalized spacial score (nSPS) is 10.1. The van der Waals surface area contributed by atoms with Crippen LogP contribution in [0.3, 0.4) is 0 Å². The molecule has 6 heteroatoms. The van der Waals surface area contributed by atoms with Crippen molar-refractivity contribution in [1.29, 1.82) is 0 Å². The van der Waals surface area contributed by atoms with Crippen molar-refractivity contribution in [3.8, 4) is 11.4 Å². The quantitative estimate of drug-likeness (QED) is 0.811. The van der Waals surface area contributed by atoms with E-state index in [1.807, 2.05) is 0 Å². The lowest BCUT2D eigenvalue weighted by Crippen LogP contribution is -1.90. The molecule has 2 aromatic rings. The van der Waals surface area contributed by atoms with Crippen LogP contribution in [0.1, 0.15) is 0 Å². The van der Waals surface area contributed by atoms with Gasteiger partial charge in [-0.1, -0.05) is 0 Å². The largest absolute Gasteiger partial charge is 0.250 e. The van der Waals surface area contributed by atoms with Crippen molar-refractivity contribution < 1.29 is 0 Å². The molecule has 0 bridgehead atoms. The first-order chi connectivity index (χ1) is 6.75. The van der Waals surface area contributed by atoms with Crippen LogP contribution in [0.2, 0.25) is 0 Å². The molecule has 0 aliphatic heterocycles. The summed E-state index contributed by atoms with van der Waals surface area (Å²) < 4.78 is 1.40. The predicted molar refractivity (Wildman–Crippen MR) is 58.5 cm³/mol. The van der Waals surface area contributed by atoms with Crippen molar-refractivity contribution >= 4 is 31.9 Å². The summed E-state index contributed by atoms with van der Waals surface area (Å²) in [5.41, 5.74) is 1.40. The lowest BCUT2D eigenvalue weighted by atomic mass is 10.3. The van der Waals surface area contributed by atoms with E-state index in [0.29, 0.717) is 20.6 Å². The van der Waals surface area contributed by atoms with Gasteiger partial charge in [-0.2, -0.15) is 0 Å². The van der Waals surface area contributed by atoms with E-state index in [0.717, 1.165) is 0 Å². The highest BCUT2D eigenvalue weighted by Gasteiger charge is 2.01. The fourth-order valence-electron chi connectivity index (χ4n) is 0.889. The van der Waals surface area contributed by atoms with Crippen molar-refractivity contribution in [2.75, 3.05) is 0 Å². The van der Waals surface area contributed by atoms with Gasteiger partial charge in [0, 0.05) is 0 Å². The SMILES string of the molecule is Brc1cnc(-c2cnc(Br)cn2)cn1. The third-order valence-corrected chi connectivity index (χ3v) is 2.32. The first kappa shape index (κ1) is 9.67. The van der Waals surface area contributed by atoms with Crippen molar-refractivity contribution in [3.05, 3.63) is 34.0 Å². The van der Waals surface area contributed by atoms with Gasteiger partial charge in [0.25, 0.3) is 0 Å². The summed E-state index contributed by atoms with van der Waals surface area (Å²) in [6.45, 7) is 0. The smallest absolute Gasteiger partial charge is 0.124 e. The summed E-state index contributed by atoms with van der Waals surface area (Å²) in [5.74, 6) is 0. The predicted octanol–water partition coefficient (Wildman–Crippen LogP) is 2.46. The van der Waals surface area contributed by atoms with E-state index >= 15 is 0 Å². The molecule has 0 saturated carbocycles. The average Bonchev–Trinajstić information content (AvgIpc) is 2.21. The number of aromatic nitrogens is 4. The van der Waals surface area contributed by atoms with Crippen molar-refractivity contribution in [1.82, 2.24) is 19.9 Å². The van der Waals surface area contributed by atoms with Crippen LogP contribution in [0.15, 0.2) is 34.0 Å². The number of halogens is 2. The second-order valence-electron chi connectivity index (χ2n) is 2.45. The van der Waals surface area contributed by atoms with Gasteiger partial charge in [0.15, 0.2) is 0 Å². The molecule has 0 aromatic carbocycles. The van der Waals surface area contributed by atoms with Gasteiger partial charge in [0.2, 0.25) is 0 Å². The van der Waals surface area contributed by atoms with E-state index in [2.05, 4.69) is 51.8 Å². The Balaban J connectivity index is 2.40. The van der Waals surface area contributed by atoms with Crippen LogP contribution in [0, 0.1) is 0 Å². The zero-order valence-corrected chi connectivity index (χ0v) is 10.0. The second kappa shape index (κ2) is 4.10. The molecule has 2 heterocycles. The number of nitrogens with zero attached hydrogens (tertiary/aromatic N) is 4. The number of hydrogen-bond donors (Lipinski definition) is 0.